The highest BCUT2D eigenvalue weighted by Crippen LogP contribution is 2.56. The van der Waals surface area contributed by atoms with Crippen molar-refractivity contribution in [2.24, 2.45) is 40.6 Å². The standard InChI is InChI=1S/C10H17NO2.C9H19NO2/c11-6-10(5-9(12)13)3-7-1-2-8(7)4-10;1-3-7(2)4-8(6-10)5-9(11)12/h7-8H,1-6,11H2,(H,12,13);7-8H,3-6,10H2,1-2H3,(H,11,12)/t7-,8+,10?;7-,8+/m.1/s1. The summed E-state index contributed by atoms with van der Waals surface area (Å²) in [6.45, 7) is 5.27. The lowest BCUT2D eigenvalue weighted by Crippen LogP contribution is -2.30. The molecule has 0 saturated heterocycles. The normalized spacial score (nSPS) is 29.6. The zero-order chi connectivity index (χ0) is 19.0. The lowest BCUT2D eigenvalue weighted by atomic mass is 9.77. The van der Waals surface area contributed by atoms with E-state index in [0.29, 0.717) is 19.0 Å². The molecule has 2 rings (SSSR count). The highest BCUT2D eigenvalue weighted by Gasteiger charge is 2.49. The van der Waals surface area contributed by atoms with Gasteiger partial charge in [0.25, 0.3) is 0 Å². The zero-order valence-electron chi connectivity index (χ0n) is 15.7. The number of hydrogen-bond donors (Lipinski definition) is 4. The Labute approximate surface area is 151 Å². The number of nitrogens with two attached hydrogens (primary N) is 2. The Morgan fingerprint density at radius 3 is 2.00 bits per heavy atom. The molecule has 2 aliphatic rings. The van der Waals surface area contributed by atoms with E-state index in [2.05, 4.69) is 13.8 Å². The smallest absolute Gasteiger partial charge is 0.303 e. The lowest BCUT2D eigenvalue weighted by Gasteiger charge is -2.29. The molecule has 2 saturated carbocycles. The molecular formula is C19H36N2O4. The van der Waals surface area contributed by atoms with Gasteiger partial charge in [-0.1, -0.05) is 20.3 Å². The first-order chi connectivity index (χ1) is 11.7. The summed E-state index contributed by atoms with van der Waals surface area (Å²) in [5.74, 6) is 0.890. The van der Waals surface area contributed by atoms with Crippen LogP contribution in [0.15, 0.2) is 0 Å². The van der Waals surface area contributed by atoms with Crippen molar-refractivity contribution in [2.75, 3.05) is 13.1 Å². The molecule has 0 aromatic rings. The molecule has 0 aromatic carbocycles. The van der Waals surface area contributed by atoms with Crippen molar-refractivity contribution >= 4 is 11.9 Å². The van der Waals surface area contributed by atoms with E-state index in [1.807, 2.05) is 0 Å². The van der Waals surface area contributed by atoms with Crippen LogP contribution in [0.3, 0.4) is 0 Å². The van der Waals surface area contributed by atoms with Gasteiger partial charge in [0.1, 0.15) is 0 Å². The number of aliphatic carboxylic acids is 2. The Bertz CT molecular complexity index is 429. The molecule has 1 unspecified atom stereocenters. The van der Waals surface area contributed by atoms with Gasteiger partial charge in [0.15, 0.2) is 0 Å². The molecule has 0 amide bonds. The highest BCUT2D eigenvalue weighted by atomic mass is 16.4. The van der Waals surface area contributed by atoms with Crippen molar-refractivity contribution in [3.8, 4) is 0 Å². The van der Waals surface area contributed by atoms with Gasteiger partial charge in [-0.25, -0.2) is 0 Å². The molecule has 0 heterocycles. The molecule has 6 heteroatoms. The van der Waals surface area contributed by atoms with Crippen LogP contribution in [-0.4, -0.2) is 35.2 Å². The summed E-state index contributed by atoms with van der Waals surface area (Å²) >= 11 is 0. The average molecular weight is 357 g/mol. The molecule has 2 aliphatic carbocycles. The van der Waals surface area contributed by atoms with Gasteiger partial charge in [-0.15, -0.1) is 0 Å². The minimum Gasteiger partial charge on any atom is -0.481 e. The molecule has 0 aliphatic heterocycles. The van der Waals surface area contributed by atoms with Crippen LogP contribution >= 0.6 is 0 Å². The van der Waals surface area contributed by atoms with Crippen molar-refractivity contribution in [3.05, 3.63) is 0 Å². The number of carbonyl (C=O) groups is 2. The maximum atomic E-state index is 10.7. The summed E-state index contributed by atoms with van der Waals surface area (Å²) in [7, 11) is 0. The number of carboxylic acids is 2. The van der Waals surface area contributed by atoms with Gasteiger partial charge in [-0.3, -0.25) is 9.59 Å². The van der Waals surface area contributed by atoms with Crippen LogP contribution in [0.25, 0.3) is 0 Å². The van der Waals surface area contributed by atoms with E-state index in [0.717, 1.165) is 37.5 Å². The lowest BCUT2D eigenvalue weighted by molar-refractivity contribution is -0.140. The minimum absolute atomic E-state index is 0.0579. The number of fused-ring (bicyclic) bond motifs is 1. The molecule has 6 N–H and O–H groups in total. The molecule has 25 heavy (non-hydrogen) atoms. The zero-order valence-corrected chi connectivity index (χ0v) is 15.7. The van der Waals surface area contributed by atoms with Crippen LogP contribution in [0.2, 0.25) is 0 Å². The largest absolute Gasteiger partial charge is 0.481 e. The first-order valence-electron chi connectivity index (χ1n) is 9.59. The fourth-order valence-corrected chi connectivity index (χ4v) is 4.32. The van der Waals surface area contributed by atoms with Gasteiger partial charge in [0.05, 0.1) is 6.42 Å². The van der Waals surface area contributed by atoms with Crippen molar-refractivity contribution in [2.45, 2.75) is 65.2 Å². The van der Waals surface area contributed by atoms with Gasteiger partial charge in [0, 0.05) is 6.42 Å². The molecule has 5 atom stereocenters. The Kier molecular flexibility index (Phi) is 8.86. The van der Waals surface area contributed by atoms with Crippen LogP contribution < -0.4 is 11.5 Å². The first-order valence-corrected chi connectivity index (χ1v) is 9.59. The van der Waals surface area contributed by atoms with Crippen molar-refractivity contribution in [1.29, 1.82) is 0 Å². The van der Waals surface area contributed by atoms with Crippen LogP contribution in [0.5, 0.6) is 0 Å². The second kappa shape index (κ2) is 10.1. The predicted octanol–water partition coefficient (Wildman–Crippen LogP) is 2.70. The van der Waals surface area contributed by atoms with Gasteiger partial charge in [0.2, 0.25) is 0 Å². The van der Waals surface area contributed by atoms with Gasteiger partial charge >= 0.3 is 11.9 Å². The summed E-state index contributed by atoms with van der Waals surface area (Å²) in [4.78, 5) is 21.1. The maximum Gasteiger partial charge on any atom is 0.303 e. The van der Waals surface area contributed by atoms with E-state index in [-0.39, 0.29) is 24.2 Å². The van der Waals surface area contributed by atoms with E-state index in [1.54, 1.807) is 0 Å². The molecule has 6 nitrogen and oxygen atoms in total. The van der Waals surface area contributed by atoms with Gasteiger partial charge < -0.3 is 21.7 Å². The summed E-state index contributed by atoms with van der Waals surface area (Å²) in [6.07, 6.45) is 7.21. The molecular weight excluding hydrogens is 320 g/mol. The number of rotatable bonds is 9. The third-order valence-corrected chi connectivity index (χ3v) is 6.15. The average Bonchev–Trinajstić information content (AvgIpc) is 2.78. The van der Waals surface area contributed by atoms with Gasteiger partial charge in [-0.05, 0) is 74.3 Å². The van der Waals surface area contributed by atoms with Crippen molar-refractivity contribution < 1.29 is 19.8 Å². The molecule has 0 radical (unpaired) electrons. The summed E-state index contributed by atoms with van der Waals surface area (Å²) < 4.78 is 0. The molecule has 0 bridgehead atoms. The number of carboxylic acid groups (broad SMARTS) is 2. The van der Waals surface area contributed by atoms with E-state index in [4.69, 9.17) is 21.7 Å². The topological polar surface area (TPSA) is 127 Å². The van der Waals surface area contributed by atoms with Gasteiger partial charge in [-0.2, -0.15) is 0 Å². The Morgan fingerprint density at radius 1 is 1.12 bits per heavy atom. The SMILES string of the molecule is CC[C@@H](C)C[C@H](CN)CC(=O)O.NCC1(CC(=O)O)C[C@H]2CC[C@H]2C1. The van der Waals surface area contributed by atoms with Crippen LogP contribution in [-0.2, 0) is 9.59 Å². The summed E-state index contributed by atoms with van der Waals surface area (Å²) in [5.41, 5.74) is 11.1. The third-order valence-electron chi connectivity index (χ3n) is 6.15. The fourth-order valence-electron chi connectivity index (χ4n) is 4.32. The Balaban J connectivity index is 0.000000252. The minimum atomic E-state index is -0.742. The summed E-state index contributed by atoms with van der Waals surface area (Å²) in [5, 5.41) is 17.4. The van der Waals surface area contributed by atoms with Crippen LogP contribution in [0.1, 0.15) is 65.2 Å². The second-order valence-electron chi connectivity index (χ2n) is 8.23. The number of hydrogen-bond acceptors (Lipinski definition) is 4. The van der Waals surface area contributed by atoms with E-state index in [1.165, 1.54) is 12.8 Å². The Morgan fingerprint density at radius 2 is 1.68 bits per heavy atom. The monoisotopic (exact) mass is 356 g/mol. The first kappa shape index (κ1) is 21.9. The quantitative estimate of drug-likeness (QED) is 0.503. The molecule has 2 fully saturated rings. The highest BCUT2D eigenvalue weighted by molar-refractivity contribution is 5.68. The van der Waals surface area contributed by atoms with Crippen molar-refractivity contribution in [3.63, 3.8) is 0 Å². The van der Waals surface area contributed by atoms with E-state index < -0.39 is 11.9 Å². The Hall–Kier alpha value is -1.14. The molecule has 0 aromatic heterocycles. The molecule has 146 valence electrons. The van der Waals surface area contributed by atoms with Crippen LogP contribution in [0.4, 0.5) is 0 Å². The maximum absolute atomic E-state index is 10.7. The fraction of sp³-hybridized carbons (Fsp3) is 0.895. The third kappa shape index (κ3) is 6.94. The summed E-state index contributed by atoms with van der Waals surface area (Å²) in [6, 6.07) is 0. The predicted molar refractivity (Wildman–Crippen MR) is 98.1 cm³/mol. The van der Waals surface area contributed by atoms with E-state index in [9.17, 15) is 9.59 Å². The molecule has 0 spiro atoms. The van der Waals surface area contributed by atoms with Crippen LogP contribution in [0, 0.1) is 29.1 Å². The second-order valence-corrected chi connectivity index (χ2v) is 8.23. The van der Waals surface area contributed by atoms with E-state index >= 15 is 0 Å². The van der Waals surface area contributed by atoms with Crippen molar-refractivity contribution in [1.82, 2.24) is 0 Å².